The minimum atomic E-state index is -4.44. The molecule has 6 heteroatoms. The fraction of sp³-hybridized carbons (Fsp3) is 0.611. The van der Waals surface area contributed by atoms with Crippen LogP contribution < -0.4 is 0 Å². The Kier molecular flexibility index (Phi) is 6.81. The van der Waals surface area contributed by atoms with Crippen molar-refractivity contribution in [3.63, 3.8) is 0 Å². The topological polar surface area (TPSA) is 26.3 Å². The van der Waals surface area contributed by atoms with Crippen molar-refractivity contribution in [1.29, 1.82) is 0 Å². The summed E-state index contributed by atoms with van der Waals surface area (Å²) in [5.74, 6) is -1.43. The Hall–Kier alpha value is -1.59. The van der Waals surface area contributed by atoms with Crippen molar-refractivity contribution in [2.75, 3.05) is 6.61 Å². The third kappa shape index (κ3) is 5.21. The van der Waals surface area contributed by atoms with Gasteiger partial charge in [0.15, 0.2) is 0 Å². The second-order valence-corrected chi connectivity index (χ2v) is 6.48. The van der Waals surface area contributed by atoms with Crippen LogP contribution in [0.25, 0.3) is 0 Å². The van der Waals surface area contributed by atoms with Gasteiger partial charge in [-0.25, -0.2) is 4.39 Å². The molecule has 0 heterocycles. The number of halogens is 4. The van der Waals surface area contributed by atoms with Crippen LogP contribution in [0.3, 0.4) is 0 Å². The number of alkyl halides is 3. The third-order valence-electron chi connectivity index (χ3n) is 4.38. The van der Waals surface area contributed by atoms with Gasteiger partial charge in [0.05, 0.1) is 12.0 Å². The minimum Gasteiger partial charge on any atom is -0.466 e. The van der Waals surface area contributed by atoms with E-state index in [4.69, 9.17) is 4.74 Å². The van der Waals surface area contributed by atoms with E-state index in [9.17, 15) is 22.4 Å². The molecule has 0 aromatic heterocycles. The van der Waals surface area contributed by atoms with Crippen molar-refractivity contribution >= 4 is 5.97 Å². The number of carbonyl (C=O) groups excluding carboxylic acids is 1. The molecular formula is C18H24F4O2. The predicted octanol–water partition coefficient (Wildman–Crippen LogP) is 5.54. The van der Waals surface area contributed by atoms with E-state index in [-0.39, 0.29) is 31.7 Å². The highest BCUT2D eigenvalue weighted by Crippen LogP contribution is 2.48. The normalized spacial score (nSPS) is 15.7. The van der Waals surface area contributed by atoms with Gasteiger partial charge < -0.3 is 4.74 Å². The molecule has 0 aliphatic heterocycles. The van der Waals surface area contributed by atoms with Crippen molar-refractivity contribution in [3.8, 4) is 0 Å². The molecule has 0 aliphatic rings. The zero-order valence-corrected chi connectivity index (χ0v) is 14.5. The maximum atomic E-state index is 13.5. The molecule has 24 heavy (non-hydrogen) atoms. The monoisotopic (exact) mass is 348 g/mol. The molecular weight excluding hydrogens is 324 g/mol. The number of hydrogen-bond acceptors (Lipinski definition) is 2. The van der Waals surface area contributed by atoms with E-state index in [0.717, 1.165) is 6.92 Å². The summed E-state index contributed by atoms with van der Waals surface area (Å²) in [5, 5.41) is 0. The van der Waals surface area contributed by atoms with Crippen molar-refractivity contribution < 1.29 is 27.1 Å². The molecule has 0 saturated carbocycles. The van der Waals surface area contributed by atoms with Crippen LogP contribution >= 0.6 is 0 Å². The molecule has 0 aliphatic carbocycles. The van der Waals surface area contributed by atoms with Gasteiger partial charge in [-0.2, -0.15) is 13.2 Å². The quantitative estimate of drug-likeness (QED) is 0.478. The first-order valence-electron chi connectivity index (χ1n) is 7.98. The molecule has 2 unspecified atom stereocenters. The Morgan fingerprint density at radius 1 is 1.29 bits per heavy atom. The predicted molar refractivity (Wildman–Crippen MR) is 84.2 cm³/mol. The number of carbonyl (C=O) groups is 1. The van der Waals surface area contributed by atoms with Crippen LogP contribution in [-0.4, -0.2) is 18.8 Å². The first kappa shape index (κ1) is 20.5. The first-order valence-corrected chi connectivity index (χ1v) is 7.98. The van der Waals surface area contributed by atoms with Crippen molar-refractivity contribution in [2.45, 2.75) is 59.1 Å². The van der Waals surface area contributed by atoms with Crippen molar-refractivity contribution in [3.05, 3.63) is 35.1 Å². The Morgan fingerprint density at radius 2 is 1.92 bits per heavy atom. The van der Waals surface area contributed by atoms with Crippen LogP contribution in [-0.2, 0) is 9.53 Å². The zero-order valence-electron chi connectivity index (χ0n) is 14.5. The zero-order chi connectivity index (χ0) is 18.5. The number of hydrogen-bond donors (Lipinski definition) is 0. The van der Waals surface area contributed by atoms with E-state index in [0.29, 0.717) is 11.1 Å². The summed E-state index contributed by atoms with van der Waals surface area (Å²) >= 11 is 0. The highest BCUT2D eigenvalue weighted by atomic mass is 19.4. The average molecular weight is 348 g/mol. The highest BCUT2D eigenvalue weighted by molar-refractivity contribution is 5.69. The van der Waals surface area contributed by atoms with Gasteiger partial charge in [-0.3, -0.25) is 4.79 Å². The van der Waals surface area contributed by atoms with Gasteiger partial charge in [0.25, 0.3) is 0 Å². The number of ether oxygens (including phenoxy) is 1. The van der Waals surface area contributed by atoms with Gasteiger partial charge in [0.1, 0.15) is 5.82 Å². The Balaban J connectivity index is 2.92. The van der Waals surface area contributed by atoms with Crippen LogP contribution in [0.2, 0.25) is 0 Å². The largest absolute Gasteiger partial charge is 0.466 e. The maximum Gasteiger partial charge on any atom is 0.394 e. The summed E-state index contributed by atoms with van der Waals surface area (Å²) in [4.78, 5) is 11.4. The van der Waals surface area contributed by atoms with E-state index in [1.165, 1.54) is 12.1 Å². The Morgan fingerprint density at radius 3 is 2.42 bits per heavy atom. The third-order valence-corrected chi connectivity index (χ3v) is 4.38. The van der Waals surface area contributed by atoms with E-state index in [1.807, 2.05) is 0 Å². The molecule has 1 aromatic rings. The number of aryl methyl sites for hydroxylation is 1. The molecule has 0 radical (unpaired) electrons. The first-order chi connectivity index (χ1) is 11.0. The maximum absolute atomic E-state index is 13.5. The van der Waals surface area contributed by atoms with Gasteiger partial charge in [-0.05, 0) is 49.8 Å². The molecule has 0 bridgehead atoms. The summed E-state index contributed by atoms with van der Waals surface area (Å²) in [6, 6.07) is 4.35. The number of esters is 1. The van der Waals surface area contributed by atoms with Crippen LogP contribution in [0.5, 0.6) is 0 Å². The van der Waals surface area contributed by atoms with E-state index in [2.05, 4.69) is 0 Å². The Bertz CT molecular complexity index is 569. The molecule has 1 aromatic carbocycles. The lowest BCUT2D eigenvalue weighted by molar-refractivity contribution is -0.224. The molecule has 2 nitrogen and oxygen atoms in total. The molecule has 2 atom stereocenters. The molecule has 0 spiro atoms. The molecule has 136 valence electrons. The van der Waals surface area contributed by atoms with Crippen LogP contribution in [0.15, 0.2) is 18.2 Å². The Labute approximate surface area is 140 Å². The van der Waals surface area contributed by atoms with Crippen LogP contribution in [0.4, 0.5) is 17.6 Å². The standard InChI is InChI=1S/C18H24F4O2/c1-5-24-16(23)8-9-17(4,18(20,21)22)11-13(3)14-6-7-15(19)12(2)10-14/h6-7,10,13H,5,8-9,11H2,1-4H3. The van der Waals surface area contributed by atoms with Gasteiger partial charge in [0, 0.05) is 6.42 Å². The summed E-state index contributed by atoms with van der Waals surface area (Å²) in [7, 11) is 0. The molecule has 0 N–H and O–H groups in total. The van der Waals surface area contributed by atoms with Gasteiger partial charge in [-0.1, -0.05) is 26.0 Å². The highest BCUT2D eigenvalue weighted by Gasteiger charge is 2.51. The second kappa shape index (κ2) is 7.99. The lowest BCUT2D eigenvalue weighted by Crippen LogP contribution is -2.37. The van der Waals surface area contributed by atoms with Crippen LogP contribution in [0.1, 0.15) is 57.1 Å². The van der Waals surface area contributed by atoms with Crippen LogP contribution in [0, 0.1) is 18.2 Å². The molecule has 0 fully saturated rings. The SMILES string of the molecule is CCOC(=O)CCC(C)(CC(C)c1ccc(F)c(C)c1)C(F)(F)F. The molecule has 1 rings (SSSR count). The molecule has 0 saturated heterocycles. The minimum absolute atomic E-state index is 0.146. The van der Waals surface area contributed by atoms with Crippen molar-refractivity contribution in [1.82, 2.24) is 0 Å². The second-order valence-electron chi connectivity index (χ2n) is 6.48. The van der Waals surface area contributed by atoms with E-state index >= 15 is 0 Å². The lowest BCUT2D eigenvalue weighted by Gasteiger charge is -2.34. The van der Waals surface area contributed by atoms with Gasteiger partial charge in [-0.15, -0.1) is 0 Å². The fourth-order valence-electron chi connectivity index (χ4n) is 2.74. The average Bonchev–Trinajstić information content (AvgIpc) is 2.47. The summed E-state index contributed by atoms with van der Waals surface area (Å²) in [6.07, 6.45) is -5.23. The van der Waals surface area contributed by atoms with Crippen molar-refractivity contribution in [2.24, 2.45) is 5.41 Å². The van der Waals surface area contributed by atoms with E-state index in [1.54, 1.807) is 26.8 Å². The van der Waals surface area contributed by atoms with Gasteiger partial charge in [0.2, 0.25) is 0 Å². The summed E-state index contributed by atoms with van der Waals surface area (Å²) in [5.41, 5.74) is -0.957. The number of benzene rings is 1. The fourth-order valence-corrected chi connectivity index (χ4v) is 2.74. The smallest absolute Gasteiger partial charge is 0.394 e. The summed E-state index contributed by atoms with van der Waals surface area (Å²) in [6.45, 7) is 6.14. The molecule has 0 amide bonds. The summed E-state index contributed by atoms with van der Waals surface area (Å²) < 4.78 is 58.7. The van der Waals surface area contributed by atoms with E-state index < -0.39 is 23.5 Å². The van der Waals surface area contributed by atoms with Gasteiger partial charge >= 0.3 is 12.1 Å². The number of rotatable bonds is 7. The lowest BCUT2D eigenvalue weighted by atomic mass is 9.75.